The normalized spacial score (nSPS) is 19.1. The van der Waals surface area contributed by atoms with Gasteiger partial charge in [-0.2, -0.15) is 0 Å². The first kappa shape index (κ1) is 12.5. The molecule has 4 nitrogen and oxygen atoms in total. The highest BCUT2D eigenvalue weighted by Crippen LogP contribution is 2.18. The zero-order valence-electron chi connectivity index (χ0n) is 9.88. The summed E-state index contributed by atoms with van der Waals surface area (Å²) in [5.74, 6) is 0.914. The van der Waals surface area contributed by atoms with E-state index in [0.29, 0.717) is 6.54 Å². The van der Waals surface area contributed by atoms with Crippen molar-refractivity contribution in [2.45, 2.75) is 19.3 Å². The zero-order chi connectivity index (χ0) is 11.1. The van der Waals surface area contributed by atoms with E-state index >= 15 is 0 Å². The van der Waals surface area contributed by atoms with Crippen molar-refractivity contribution in [2.75, 3.05) is 40.3 Å². The quantitative estimate of drug-likeness (QED) is 0.635. The summed E-state index contributed by atoms with van der Waals surface area (Å²) >= 11 is 0. The first-order valence-electron chi connectivity index (χ1n) is 5.82. The molecule has 0 radical (unpaired) electrons. The van der Waals surface area contributed by atoms with E-state index in [0.717, 1.165) is 12.5 Å². The Bertz CT molecular complexity index is 188. The number of nitrogens with zero attached hydrogens (tertiary/aromatic N) is 1. The molecule has 2 N–H and O–H groups in total. The molecule has 1 saturated heterocycles. The number of rotatable bonds is 5. The van der Waals surface area contributed by atoms with E-state index in [1.165, 1.54) is 32.4 Å². The lowest BCUT2D eigenvalue weighted by Gasteiger charge is -2.28. The Kier molecular flexibility index (Phi) is 5.65. The third kappa shape index (κ3) is 5.14. The molecule has 1 amide bonds. The summed E-state index contributed by atoms with van der Waals surface area (Å²) in [5.41, 5.74) is 0. The molecule has 15 heavy (non-hydrogen) atoms. The average molecular weight is 213 g/mol. The topological polar surface area (TPSA) is 44.4 Å². The SMILES string of the molecule is CNC(=O)CNCCC1CCN(C)CC1. The van der Waals surface area contributed by atoms with Crippen molar-refractivity contribution >= 4 is 5.91 Å². The summed E-state index contributed by atoms with van der Waals surface area (Å²) in [6, 6.07) is 0. The van der Waals surface area contributed by atoms with Crippen LogP contribution in [-0.4, -0.2) is 51.1 Å². The Labute approximate surface area is 92.4 Å². The van der Waals surface area contributed by atoms with E-state index in [9.17, 15) is 4.79 Å². The molecule has 0 spiro atoms. The lowest BCUT2D eigenvalue weighted by atomic mass is 9.94. The number of hydrogen-bond acceptors (Lipinski definition) is 3. The number of likely N-dealkylation sites (N-methyl/N-ethyl adjacent to an activating group) is 1. The second-order valence-electron chi connectivity index (χ2n) is 4.39. The van der Waals surface area contributed by atoms with Gasteiger partial charge in [-0.3, -0.25) is 4.79 Å². The Balaban J connectivity index is 1.98. The van der Waals surface area contributed by atoms with Gasteiger partial charge in [0.25, 0.3) is 0 Å². The van der Waals surface area contributed by atoms with Crippen LogP contribution in [0.2, 0.25) is 0 Å². The molecule has 1 fully saturated rings. The monoisotopic (exact) mass is 213 g/mol. The van der Waals surface area contributed by atoms with Gasteiger partial charge in [0.2, 0.25) is 5.91 Å². The molecule has 0 aliphatic carbocycles. The minimum Gasteiger partial charge on any atom is -0.358 e. The predicted molar refractivity (Wildman–Crippen MR) is 61.8 cm³/mol. The van der Waals surface area contributed by atoms with Gasteiger partial charge in [0, 0.05) is 7.05 Å². The van der Waals surface area contributed by atoms with Crippen molar-refractivity contribution in [3.63, 3.8) is 0 Å². The van der Waals surface area contributed by atoms with Crippen LogP contribution >= 0.6 is 0 Å². The zero-order valence-corrected chi connectivity index (χ0v) is 9.88. The summed E-state index contributed by atoms with van der Waals surface area (Å²) in [4.78, 5) is 13.3. The van der Waals surface area contributed by atoms with Crippen LogP contribution < -0.4 is 10.6 Å². The largest absolute Gasteiger partial charge is 0.358 e. The van der Waals surface area contributed by atoms with Gasteiger partial charge in [-0.15, -0.1) is 0 Å². The van der Waals surface area contributed by atoms with Gasteiger partial charge in [0.15, 0.2) is 0 Å². The molecule has 88 valence electrons. The minimum atomic E-state index is 0.0679. The first-order chi connectivity index (χ1) is 7.22. The van der Waals surface area contributed by atoms with E-state index in [4.69, 9.17) is 0 Å². The van der Waals surface area contributed by atoms with Crippen LogP contribution in [-0.2, 0) is 4.79 Å². The Morgan fingerprint density at radius 2 is 2.07 bits per heavy atom. The fourth-order valence-corrected chi connectivity index (χ4v) is 1.95. The van der Waals surface area contributed by atoms with Gasteiger partial charge in [0.05, 0.1) is 6.54 Å². The molecule has 1 aliphatic heterocycles. The maximum absolute atomic E-state index is 10.9. The van der Waals surface area contributed by atoms with Crippen LogP contribution in [0.25, 0.3) is 0 Å². The maximum atomic E-state index is 10.9. The molecule has 0 aromatic heterocycles. The third-order valence-electron chi connectivity index (χ3n) is 3.13. The van der Waals surface area contributed by atoms with Gasteiger partial charge in [-0.25, -0.2) is 0 Å². The molecule has 1 heterocycles. The summed E-state index contributed by atoms with van der Waals surface area (Å²) in [7, 11) is 3.85. The molecule has 0 bridgehead atoms. The third-order valence-corrected chi connectivity index (χ3v) is 3.13. The number of likely N-dealkylation sites (tertiary alicyclic amines) is 1. The fourth-order valence-electron chi connectivity index (χ4n) is 1.95. The van der Waals surface area contributed by atoms with Crippen molar-refractivity contribution in [1.82, 2.24) is 15.5 Å². The van der Waals surface area contributed by atoms with E-state index in [2.05, 4.69) is 22.6 Å². The van der Waals surface area contributed by atoms with Crippen LogP contribution in [0.4, 0.5) is 0 Å². The average Bonchev–Trinajstić information content (AvgIpc) is 2.26. The van der Waals surface area contributed by atoms with E-state index in [-0.39, 0.29) is 5.91 Å². The van der Waals surface area contributed by atoms with Gasteiger partial charge < -0.3 is 15.5 Å². The second-order valence-corrected chi connectivity index (χ2v) is 4.39. The van der Waals surface area contributed by atoms with Gasteiger partial charge >= 0.3 is 0 Å². The molecule has 1 aliphatic rings. The van der Waals surface area contributed by atoms with Crippen LogP contribution in [0, 0.1) is 5.92 Å². The van der Waals surface area contributed by atoms with Crippen molar-refractivity contribution in [3.05, 3.63) is 0 Å². The highest BCUT2D eigenvalue weighted by atomic mass is 16.1. The number of hydrogen-bond donors (Lipinski definition) is 2. The van der Waals surface area contributed by atoms with Crippen molar-refractivity contribution in [1.29, 1.82) is 0 Å². The number of piperidine rings is 1. The van der Waals surface area contributed by atoms with Crippen LogP contribution in [0.5, 0.6) is 0 Å². The number of nitrogens with one attached hydrogen (secondary N) is 2. The van der Waals surface area contributed by atoms with Crippen LogP contribution in [0.15, 0.2) is 0 Å². The maximum Gasteiger partial charge on any atom is 0.233 e. The smallest absolute Gasteiger partial charge is 0.233 e. The molecular formula is C11H23N3O. The van der Waals surface area contributed by atoms with Crippen LogP contribution in [0.3, 0.4) is 0 Å². The molecule has 0 atom stereocenters. The number of carbonyl (C=O) groups is 1. The predicted octanol–water partition coefficient (Wildman–Crippen LogP) is 0.0539. The second kappa shape index (κ2) is 6.80. The summed E-state index contributed by atoms with van der Waals surface area (Å²) < 4.78 is 0. The van der Waals surface area contributed by atoms with Gasteiger partial charge in [0.1, 0.15) is 0 Å². The highest BCUT2D eigenvalue weighted by Gasteiger charge is 2.15. The van der Waals surface area contributed by atoms with Crippen molar-refractivity contribution < 1.29 is 4.79 Å². The molecular weight excluding hydrogens is 190 g/mol. The summed E-state index contributed by atoms with van der Waals surface area (Å²) in [5, 5.41) is 5.77. The summed E-state index contributed by atoms with van der Waals surface area (Å²) in [6.07, 6.45) is 3.81. The molecule has 0 saturated carbocycles. The Hall–Kier alpha value is -0.610. The Morgan fingerprint density at radius 3 is 2.67 bits per heavy atom. The van der Waals surface area contributed by atoms with Crippen molar-refractivity contribution in [3.8, 4) is 0 Å². The number of carbonyl (C=O) groups excluding carboxylic acids is 1. The van der Waals surface area contributed by atoms with Gasteiger partial charge in [-0.05, 0) is 51.9 Å². The molecule has 0 aromatic rings. The molecule has 0 unspecified atom stereocenters. The number of amides is 1. The molecule has 1 rings (SSSR count). The van der Waals surface area contributed by atoms with E-state index in [1.54, 1.807) is 7.05 Å². The van der Waals surface area contributed by atoms with Crippen molar-refractivity contribution in [2.24, 2.45) is 5.92 Å². The lowest BCUT2D eigenvalue weighted by molar-refractivity contribution is -0.119. The minimum absolute atomic E-state index is 0.0679. The lowest BCUT2D eigenvalue weighted by Crippen LogP contribution is -2.34. The Morgan fingerprint density at radius 1 is 1.40 bits per heavy atom. The fraction of sp³-hybridized carbons (Fsp3) is 0.909. The van der Waals surface area contributed by atoms with Crippen LogP contribution in [0.1, 0.15) is 19.3 Å². The van der Waals surface area contributed by atoms with E-state index in [1.807, 2.05) is 0 Å². The van der Waals surface area contributed by atoms with Gasteiger partial charge in [-0.1, -0.05) is 0 Å². The highest BCUT2D eigenvalue weighted by molar-refractivity contribution is 5.77. The van der Waals surface area contributed by atoms with E-state index < -0.39 is 0 Å². The summed E-state index contributed by atoms with van der Waals surface area (Å²) in [6.45, 7) is 3.85. The molecule has 0 aromatic carbocycles. The standard InChI is InChI=1S/C11H23N3O/c1-12-11(15)9-13-6-3-10-4-7-14(2)8-5-10/h10,13H,3-9H2,1-2H3,(H,12,15). The molecule has 4 heteroatoms. The first-order valence-corrected chi connectivity index (χ1v) is 5.82.